The molecule has 132 valence electrons. The van der Waals surface area contributed by atoms with Gasteiger partial charge in [-0.15, -0.1) is 0 Å². The number of hydrogen-bond donors (Lipinski definition) is 2. The van der Waals surface area contributed by atoms with Gasteiger partial charge < -0.3 is 10.0 Å². The Kier molecular flexibility index (Phi) is 4.26. The fraction of sp³-hybridized carbons (Fsp3) is 0.294. The van der Waals surface area contributed by atoms with Crippen LogP contribution in [-0.2, 0) is 14.8 Å². The third-order valence-corrected chi connectivity index (χ3v) is 5.87. The first kappa shape index (κ1) is 17.4. The van der Waals surface area contributed by atoms with Crippen LogP contribution in [0.15, 0.2) is 35.2 Å². The molecule has 0 saturated heterocycles. The number of carboxylic acid groups (broad SMARTS) is 1. The van der Waals surface area contributed by atoms with Crippen molar-refractivity contribution in [3.8, 4) is 0 Å². The highest BCUT2D eigenvalue weighted by Crippen LogP contribution is 2.39. The Morgan fingerprint density at radius 3 is 2.64 bits per heavy atom. The Morgan fingerprint density at radius 1 is 1.28 bits per heavy atom. The zero-order chi connectivity index (χ0) is 18.4. The predicted octanol–water partition coefficient (Wildman–Crippen LogP) is 1.96. The molecule has 0 aliphatic carbocycles. The van der Waals surface area contributed by atoms with Crippen LogP contribution in [0.2, 0.25) is 0 Å². The molecule has 1 atom stereocenters. The van der Waals surface area contributed by atoms with Gasteiger partial charge in [-0.1, -0.05) is 25.5 Å². The third kappa shape index (κ3) is 2.77. The minimum absolute atomic E-state index is 0.0291. The van der Waals surface area contributed by atoms with Gasteiger partial charge in [0, 0.05) is 23.4 Å². The summed E-state index contributed by atoms with van der Waals surface area (Å²) in [5.74, 6) is -1.41. The summed E-state index contributed by atoms with van der Waals surface area (Å²) < 4.78 is 27.8. The maximum Gasteiger partial charge on any atom is 0.321 e. The lowest BCUT2D eigenvalue weighted by molar-refractivity contribution is -0.139. The van der Waals surface area contributed by atoms with Gasteiger partial charge in [0.1, 0.15) is 6.04 Å². The van der Waals surface area contributed by atoms with Gasteiger partial charge in [-0.25, -0.2) is 8.42 Å². The largest absolute Gasteiger partial charge is 0.480 e. The molecule has 0 aromatic heterocycles. The Morgan fingerprint density at radius 2 is 2.00 bits per heavy atom. The summed E-state index contributed by atoms with van der Waals surface area (Å²) in [5, 5.41) is 10.2. The SMILES string of the molecule is CCCC(NS(=O)(=O)c1ccc2c3c(cccc13)C(=O)N2C)C(=O)O. The van der Waals surface area contributed by atoms with Crippen molar-refractivity contribution in [2.45, 2.75) is 30.7 Å². The second-order valence-corrected chi connectivity index (χ2v) is 7.66. The lowest BCUT2D eigenvalue weighted by atomic mass is 10.1. The fourth-order valence-electron chi connectivity index (χ4n) is 3.12. The molecule has 7 nitrogen and oxygen atoms in total. The summed E-state index contributed by atoms with van der Waals surface area (Å²) in [4.78, 5) is 25.0. The highest BCUT2D eigenvalue weighted by molar-refractivity contribution is 7.89. The maximum atomic E-state index is 12.8. The van der Waals surface area contributed by atoms with Crippen LogP contribution in [0, 0.1) is 0 Å². The lowest BCUT2D eigenvalue weighted by Gasteiger charge is -2.16. The molecule has 3 rings (SSSR count). The highest BCUT2D eigenvalue weighted by atomic mass is 32.2. The molecule has 1 aliphatic heterocycles. The Hall–Kier alpha value is -2.45. The van der Waals surface area contributed by atoms with Crippen LogP contribution in [0.1, 0.15) is 30.1 Å². The molecule has 2 N–H and O–H groups in total. The van der Waals surface area contributed by atoms with Gasteiger partial charge in [0.05, 0.1) is 10.6 Å². The molecule has 2 aromatic carbocycles. The molecule has 25 heavy (non-hydrogen) atoms. The molecule has 0 radical (unpaired) electrons. The number of sulfonamides is 1. The first-order valence-corrected chi connectivity index (χ1v) is 9.35. The van der Waals surface area contributed by atoms with Crippen molar-refractivity contribution in [1.82, 2.24) is 4.72 Å². The van der Waals surface area contributed by atoms with Crippen molar-refractivity contribution < 1.29 is 23.1 Å². The van der Waals surface area contributed by atoms with Crippen LogP contribution >= 0.6 is 0 Å². The molecular formula is C17H18N2O5S. The zero-order valence-electron chi connectivity index (χ0n) is 13.8. The zero-order valence-corrected chi connectivity index (χ0v) is 14.6. The Bertz CT molecular complexity index is 984. The van der Waals surface area contributed by atoms with E-state index in [0.29, 0.717) is 28.4 Å². The van der Waals surface area contributed by atoms with E-state index in [9.17, 15) is 23.1 Å². The van der Waals surface area contributed by atoms with E-state index in [2.05, 4.69) is 4.72 Å². The number of carboxylic acids is 1. The average molecular weight is 362 g/mol. The number of carbonyl (C=O) groups is 2. The normalized spacial score (nSPS) is 15.0. The maximum absolute atomic E-state index is 12.8. The van der Waals surface area contributed by atoms with E-state index in [-0.39, 0.29) is 17.2 Å². The standard InChI is InChI=1S/C17H18N2O5S/c1-3-5-12(17(21)22)18-25(23,24)14-9-8-13-15-10(14)6-4-7-11(15)16(20)19(13)2/h4,6-9,12,18H,3,5H2,1-2H3,(H,21,22). The summed E-state index contributed by atoms with van der Waals surface area (Å²) in [6.45, 7) is 1.78. The van der Waals surface area contributed by atoms with Gasteiger partial charge in [0.25, 0.3) is 5.91 Å². The van der Waals surface area contributed by atoms with Gasteiger partial charge >= 0.3 is 5.97 Å². The average Bonchev–Trinajstić information content (AvgIpc) is 2.81. The molecule has 0 fully saturated rings. The van der Waals surface area contributed by atoms with Crippen molar-refractivity contribution in [2.75, 3.05) is 11.9 Å². The van der Waals surface area contributed by atoms with Gasteiger partial charge in [0.15, 0.2) is 0 Å². The molecule has 0 saturated carbocycles. The molecular weight excluding hydrogens is 344 g/mol. The smallest absolute Gasteiger partial charge is 0.321 e. The van der Waals surface area contributed by atoms with Crippen molar-refractivity contribution in [1.29, 1.82) is 0 Å². The molecule has 1 unspecified atom stereocenters. The van der Waals surface area contributed by atoms with Crippen molar-refractivity contribution in [3.05, 3.63) is 35.9 Å². The van der Waals surface area contributed by atoms with Crippen LogP contribution in [0.25, 0.3) is 10.8 Å². The number of carbonyl (C=O) groups excluding carboxylic acids is 1. The monoisotopic (exact) mass is 362 g/mol. The number of aliphatic carboxylic acids is 1. The van der Waals surface area contributed by atoms with Crippen LogP contribution in [0.3, 0.4) is 0 Å². The lowest BCUT2D eigenvalue weighted by Crippen LogP contribution is -2.40. The quantitative estimate of drug-likeness (QED) is 0.817. The number of anilines is 1. The van der Waals surface area contributed by atoms with Crippen molar-refractivity contribution in [3.63, 3.8) is 0 Å². The topological polar surface area (TPSA) is 104 Å². The third-order valence-electron chi connectivity index (χ3n) is 4.34. The summed E-state index contributed by atoms with van der Waals surface area (Å²) in [5.41, 5.74) is 1.08. The Labute approximate surface area is 145 Å². The number of benzene rings is 2. The Balaban J connectivity index is 2.14. The van der Waals surface area contributed by atoms with E-state index in [0.717, 1.165) is 0 Å². The molecule has 0 spiro atoms. The molecule has 8 heteroatoms. The van der Waals surface area contributed by atoms with Crippen LogP contribution in [-0.4, -0.2) is 38.5 Å². The molecule has 0 bridgehead atoms. The van der Waals surface area contributed by atoms with E-state index in [1.165, 1.54) is 11.0 Å². The summed E-state index contributed by atoms with van der Waals surface area (Å²) in [7, 11) is -2.42. The predicted molar refractivity (Wildman–Crippen MR) is 93.3 cm³/mol. The van der Waals surface area contributed by atoms with Crippen molar-refractivity contribution in [2.24, 2.45) is 0 Å². The van der Waals surface area contributed by atoms with Gasteiger partial charge in [-0.05, 0) is 24.6 Å². The second-order valence-electron chi connectivity index (χ2n) is 5.98. The summed E-state index contributed by atoms with van der Waals surface area (Å²) in [6.07, 6.45) is 0.722. The minimum Gasteiger partial charge on any atom is -0.480 e. The van der Waals surface area contributed by atoms with E-state index in [1.807, 2.05) is 0 Å². The summed E-state index contributed by atoms with van der Waals surface area (Å²) in [6, 6.07) is 6.68. The summed E-state index contributed by atoms with van der Waals surface area (Å²) >= 11 is 0. The van der Waals surface area contributed by atoms with E-state index in [4.69, 9.17) is 0 Å². The van der Waals surface area contributed by atoms with E-state index in [1.54, 1.807) is 38.2 Å². The van der Waals surface area contributed by atoms with E-state index >= 15 is 0 Å². The number of rotatable bonds is 6. The highest BCUT2D eigenvalue weighted by Gasteiger charge is 2.31. The van der Waals surface area contributed by atoms with Crippen LogP contribution in [0.4, 0.5) is 5.69 Å². The van der Waals surface area contributed by atoms with Crippen LogP contribution < -0.4 is 9.62 Å². The minimum atomic E-state index is -4.05. The molecule has 1 heterocycles. The fourth-order valence-corrected chi connectivity index (χ4v) is 4.54. The van der Waals surface area contributed by atoms with Gasteiger partial charge in [-0.3, -0.25) is 9.59 Å². The first-order chi connectivity index (χ1) is 11.8. The molecule has 1 aliphatic rings. The number of nitrogens with one attached hydrogen (secondary N) is 1. The van der Waals surface area contributed by atoms with E-state index < -0.39 is 22.0 Å². The van der Waals surface area contributed by atoms with Crippen LogP contribution in [0.5, 0.6) is 0 Å². The first-order valence-electron chi connectivity index (χ1n) is 7.87. The van der Waals surface area contributed by atoms with Crippen molar-refractivity contribution >= 4 is 38.4 Å². The second kappa shape index (κ2) is 6.12. The number of amides is 1. The molecule has 2 aromatic rings. The molecule has 1 amide bonds. The van der Waals surface area contributed by atoms with Gasteiger partial charge in [0.2, 0.25) is 10.0 Å². The number of nitrogens with zero attached hydrogens (tertiary/aromatic N) is 1. The number of hydrogen-bond acceptors (Lipinski definition) is 4. The van der Waals surface area contributed by atoms with Gasteiger partial charge in [-0.2, -0.15) is 4.72 Å².